The summed E-state index contributed by atoms with van der Waals surface area (Å²) in [6.45, 7) is 5.85. The van der Waals surface area contributed by atoms with Crippen LogP contribution >= 0.6 is 24.0 Å². The third-order valence-corrected chi connectivity index (χ3v) is 3.75. The van der Waals surface area contributed by atoms with E-state index in [2.05, 4.69) is 0 Å². The number of thioether (sulfide) groups is 1. The fourth-order valence-electron chi connectivity index (χ4n) is 1.66. The molecule has 0 radical (unpaired) electrons. The average molecular weight is 257 g/mol. The van der Waals surface area contributed by atoms with E-state index in [1.54, 1.807) is 16.7 Å². The molecular formula is C11H15NO2S2. The molecule has 1 saturated heterocycles. The number of carbonyl (C=O) groups excluding carboxylic acids is 1. The Balaban J connectivity index is 2.11. The average Bonchev–Trinajstić information content (AvgIpc) is 2.12. The van der Waals surface area contributed by atoms with Crippen LogP contribution in [-0.2, 0) is 9.53 Å². The van der Waals surface area contributed by atoms with Gasteiger partial charge in [0.15, 0.2) is 0 Å². The Morgan fingerprint density at radius 3 is 2.88 bits per heavy atom. The molecule has 0 aromatic heterocycles. The smallest absolute Gasteiger partial charge is 0.231 e. The van der Waals surface area contributed by atoms with Gasteiger partial charge in [0.05, 0.1) is 17.5 Å². The van der Waals surface area contributed by atoms with Crippen molar-refractivity contribution in [1.29, 1.82) is 0 Å². The zero-order valence-electron chi connectivity index (χ0n) is 9.65. The minimum atomic E-state index is -0.314. The summed E-state index contributed by atoms with van der Waals surface area (Å²) in [7, 11) is 0. The maximum absolute atomic E-state index is 11.5. The molecule has 2 aliphatic heterocycles. The molecule has 2 aliphatic rings. The molecule has 2 heterocycles. The fourth-order valence-corrected chi connectivity index (χ4v) is 3.21. The molecule has 0 unspecified atom stereocenters. The Hall–Kier alpha value is -0.550. The van der Waals surface area contributed by atoms with Crippen molar-refractivity contribution in [2.75, 3.05) is 5.75 Å². The first-order valence-corrected chi connectivity index (χ1v) is 6.71. The Kier molecular flexibility index (Phi) is 3.01. The number of rotatable bonds is 1. The Bertz CT molecular complexity index is 371. The van der Waals surface area contributed by atoms with Crippen molar-refractivity contribution >= 4 is 34.9 Å². The second-order valence-corrected chi connectivity index (χ2v) is 6.43. The number of nitrogens with zero attached hydrogens (tertiary/aromatic N) is 1. The first-order chi connectivity index (χ1) is 7.38. The molecule has 0 saturated carbocycles. The highest BCUT2D eigenvalue weighted by atomic mass is 32.2. The molecule has 1 fully saturated rings. The van der Waals surface area contributed by atoms with Crippen LogP contribution in [0.3, 0.4) is 0 Å². The van der Waals surface area contributed by atoms with Gasteiger partial charge >= 0.3 is 0 Å². The van der Waals surface area contributed by atoms with Gasteiger partial charge in [-0.3, -0.25) is 9.69 Å². The highest BCUT2D eigenvalue weighted by molar-refractivity contribution is 8.00. The number of carbonyl (C=O) groups is 1. The second-order valence-electron chi connectivity index (χ2n) is 4.85. The number of β-lactam (4-membered cyclic amide) rings is 1. The second kappa shape index (κ2) is 4.04. The summed E-state index contributed by atoms with van der Waals surface area (Å²) in [5.74, 6) is 1.04. The highest BCUT2D eigenvalue weighted by Gasteiger charge is 2.42. The number of fused-ring (bicyclic) bond motifs is 1. The summed E-state index contributed by atoms with van der Waals surface area (Å²) in [4.78, 5) is 13.3. The van der Waals surface area contributed by atoms with Gasteiger partial charge in [-0.15, -0.1) is 11.8 Å². The van der Waals surface area contributed by atoms with Gasteiger partial charge in [0, 0.05) is 5.75 Å². The zero-order valence-corrected chi connectivity index (χ0v) is 11.3. The predicted molar refractivity (Wildman–Crippen MR) is 69.2 cm³/mol. The largest absolute Gasteiger partial charge is 0.476 e. The van der Waals surface area contributed by atoms with Crippen molar-refractivity contribution in [2.24, 2.45) is 0 Å². The van der Waals surface area contributed by atoms with Crippen molar-refractivity contribution in [1.82, 2.24) is 4.90 Å². The molecule has 0 aromatic carbocycles. The van der Waals surface area contributed by atoms with E-state index in [1.165, 1.54) is 0 Å². The van der Waals surface area contributed by atoms with E-state index in [1.807, 2.05) is 26.8 Å². The Morgan fingerprint density at radius 1 is 1.62 bits per heavy atom. The SMILES string of the molecule is CC(C)(C)OC(=S)C1=CCS[C@@H]2CC(=O)N12. The lowest BCUT2D eigenvalue weighted by Crippen LogP contribution is -2.53. The lowest BCUT2D eigenvalue weighted by molar-refractivity contribution is -0.138. The molecular weight excluding hydrogens is 242 g/mol. The topological polar surface area (TPSA) is 29.5 Å². The summed E-state index contributed by atoms with van der Waals surface area (Å²) >= 11 is 7.01. The number of amides is 1. The monoisotopic (exact) mass is 257 g/mol. The van der Waals surface area contributed by atoms with E-state index >= 15 is 0 Å². The van der Waals surface area contributed by atoms with Crippen LogP contribution in [0.15, 0.2) is 11.8 Å². The summed E-state index contributed by atoms with van der Waals surface area (Å²) in [5.41, 5.74) is 0.469. The minimum absolute atomic E-state index is 0.142. The van der Waals surface area contributed by atoms with E-state index in [4.69, 9.17) is 17.0 Å². The van der Waals surface area contributed by atoms with Gasteiger partial charge in [-0.1, -0.05) is 0 Å². The highest BCUT2D eigenvalue weighted by Crippen LogP contribution is 2.37. The van der Waals surface area contributed by atoms with Gasteiger partial charge in [0.1, 0.15) is 5.60 Å². The van der Waals surface area contributed by atoms with Crippen LogP contribution in [0.1, 0.15) is 27.2 Å². The molecule has 0 spiro atoms. The Morgan fingerprint density at radius 2 is 2.31 bits per heavy atom. The van der Waals surface area contributed by atoms with Crippen LogP contribution in [0.5, 0.6) is 0 Å². The van der Waals surface area contributed by atoms with Crippen LogP contribution < -0.4 is 0 Å². The van der Waals surface area contributed by atoms with Crippen LogP contribution in [0.2, 0.25) is 0 Å². The van der Waals surface area contributed by atoms with Crippen molar-refractivity contribution in [2.45, 2.75) is 38.2 Å². The van der Waals surface area contributed by atoms with E-state index in [0.29, 0.717) is 11.5 Å². The van der Waals surface area contributed by atoms with E-state index < -0.39 is 0 Å². The molecule has 2 rings (SSSR count). The number of hydrogen-bond donors (Lipinski definition) is 0. The first-order valence-electron chi connectivity index (χ1n) is 5.26. The first kappa shape index (κ1) is 11.9. The number of hydrogen-bond acceptors (Lipinski definition) is 4. The van der Waals surface area contributed by atoms with Gasteiger partial charge in [-0.25, -0.2) is 0 Å². The standard InChI is InChI=1S/C11H15NO2S2/c1-11(2,3)14-10(15)7-4-5-16-9-6-8(13)12(7)9/h4,9H,5-6H2,1-3H3/t9-/m1/s1. The maximum atomic E-state index is 11.5. The molecule has 88 valence electrons. The third-order valence-electron chi connectivity index (χ3n) is 2.34. The lowest BCUT2D eigenvalue weighted by Gasteiger charge is -2.43. The van der Waals surface area contributed by atoms with Gasteiger partial charge in [0.25, 0.3) is 0 Å². The summed E-state index contributed by atoms with van der Waals surface area (Å²) < 4.78 is 5.64. The molecule has 16 heavy (non-hydrogen) atoms. The van der Waals surface area contributed by atoms with E-state index in [0.717, 1.165) is 11.4 Å². The van der Waals surface area contributed by atoms with E-state index in [9.17, 15) is 4.79 Å². The predicted octanol–water partition coefficient (Wildman–Crippen LogP) is 2.32. The van der Waals surface area contributed by atoms with Crippen molar-refractivity contribution < 1.29 is 9.53 Å². The summed E-state index contributed by atoms with van der Waals surface area (Å²) in [6.07, 6.45) is 2.60. The number of thiocarbonyl (C=S) groups is 1. The Labute approximate surface area is 105 Å². The lowest BCUT2D eigenvalue weighted by atomic mass is 10.1. The third kappa shape index (κ3) is 2.25. The molecule has 1 amide bonds. The van der Waals surface area contributed by atoms with Gasteiger partial charge in [-0.05, 0) is 39.1 Å². The minimum Gasteiger partial charge on any atom is -0.476 e. The van der Waals surface area contributed by atoms with Crippen LogP contribution in [0.4, 0.5) is 0 Å². The molecule has 0 aromatic rings. The van der Waals surface area contributed by atoms with E-state index in [-0.39, 0.29) is 16.9 Å². The van der Waals surface area contributed by atoms with Crippen molar-refractivity contribution in [3.05, 3.63) is 11.8 Å². The van der Waals surface area contributed by atoms with Gasteiger partial charge in [0.2, 0.25) is 11.0 Å². The van der Waals surface area contributed by atoms with Gasteiger partial charge < -0.3 is 4.74 Å². The fraction of sp³-hybridized carbons (Fsp3) is 0.636. The summed E-state index contributed by atoms with van der Waals surface area (Å²) in [5, 5.41) is 0.708. The summed E-state index contributed by atoms with van der Waals surface area (Å²) in [6, 6.07) is 0. The van der Waals surface area contributed by atoms with Crippen LogP contribution in [0.25, 0.3) is 0 Å². The van der Waals surface area contributed by atoms with Crippen molar-refractivity contribution in [3.8, 4) is 0 Å². The molecule has 5 heteroatoms. The molecule has 3 nitrogen and oxygen atoms in total. The number of ether oxygens (including phenoxy) is 1. The molecule has 0 bridgehead atoms. The van der Waals surface area contributed by atoms with Gasteiger partial charge in [-0.2, -0.15) is 0 Å². The molecule has 1 atom stereocenters. The van der Waals surface area contributed by atoms with Crippen LogP contribution in [0, 0.1) is 0 Å². The van der Waals surface area contributed by atoms with Crippen LogP contribution in [-0.4, -0.2) is 32.6 Å². The molecule has 0 aliphatic carbocycles. The molecule has 0 N–H and O–H groups in total. The normalized spacial score (nSPS) is 24.4. The zero-order chi connectivity index (χ0) is 11.9. The van der Waals surface area contributed by atoms with Crippen molar-refractivity contribution in [3.63, 3.8) is 0 Å². The quantitative estimate of drug-likeness (QED) is 0.532. The maximum Gasteiger partial charge on any atom is 0.231 e.